The first-order valence-electron chi connectivity index (χ1n) is 17.4. The molecule has 7 heteroatoms. The number of carbonyl (C=O) groups excluding carboxylic acids is 2. The SMILES string of the molecule is CC(=O)NC1CC(CC(=O)N2CCC(CCN3C4CCC3CC(n3c(C)nc5ccccc53)C4)(c3ccccc3)CC2)C1(C)C. The Kier molecular flexibility index (Phi) is 8.04. The number of amides is 2. The molecule has 240 valence electrons. The molecule has 1 N–H and O–H groups in total. The molecule has 1 aliphatic carbocycles. The van der Waals surface area contributed by atoms with Crippen LogP contribution in [0, 0.1) is 18.3 Å². The van der Waals surface area contributed by atoms with Gasteiger partial charge in [-0.1, -0.05) is 56.3 Å². The number of carbonyl (C=O) groups is 2. The third-order valence-corrected chi connectivity index (χ3v) is 12.6. The maximum absolute atomic E-state index is 13.5. The molecule has 3 aliphatic heterocycles. The number of imidazole rings is 1. The smallest absolute Gasteiger partial charge is 0.222 e. The summed E-state index contributed by atoms with van der Waals surface area (Å²) in [6.07, 6.45) is 9.70. The van der Waals surface area contributed by atoms with E-state index in [9.17, 15) is 9.59 Å². The van der Waals surface area contributed by atoms with Crippen LogP contribution in [0.15, 0.2) is 54.6 Å². The van der Waals surface area contributed by atoms with Crippen molar-refractivity contribution in [2.45, 2.75) is 115 Å². The van der Waals surface area contributed by atoms with Crippen molar-refractivity contribution in [3.63, 3.8) is 0 Å². The Bertz CT molecular complexity index is 1520. The van der Waals surface area contributed by atoms with E-state index in [0.717, 1.165) is 56.7 Å². The van der Waals surface area contributed by atoms with Crippen LogP contribution in [0.25, 0.3) is 11.0 Å². The third-order valence-electron chi connectivity index (χ3n) is 12.6. The molecule has 4 fully saturated rings. The zero-order valence-corrected chi connectivity index (χ0v) is 27.7. The second kappa shape index (κ2) is 11.9. The molecule has 3 aromatic rings. The number of aryl methyl sites for hydroxylation is 1. The molecule has 2 amide bonds. The molecule has 3 saturated heterocycles. The van der Waals surface area contributed by atoms with Gasteiger partial charge < -0.3 is 14.8 Å². The highest BCUT2D eigenvalue weighted by Crippen LogP contribution is 2.49. The van der Waals surface area contributed by atoms with E-state index in [1.165, 1.54) is 36.8 Å². The van der Waals surface area contributed by atoms with E-state index in [-0.39, 0.29) is 22.8 Å². The lowest BCUT2D eigenvalue weighted by Gasteiger charge is -2.53. The van der Waals surface area contributed by atoms with Crippen LogP contribution in [0.4, 0.5) is 0 Å². The molecule has 7 nitrogen and oxygen atoms in total. The van der Waals surface area contributed by atoms with Gasteiger partial charge >= 0.3 is 0 Å². The summed E-state index contributed by atoms with van der Waals surface area (Å²) in [7, 11) is 0. The fourth-order valence-corrected chi connectivity index (χ4v) is 9.64. The topological polar surface area (TPSA) is 70.5 Å². The van der Waals surface area contributed by atoms with Crippen LogP contribution in [0.3, 0.4) is 0 Å². The molecule has 4 aliphatic rings. The first-order chi connectivity index (χ1) is 21.6. The van der Waals surface area contributed by atoms with Crippen LogP contribution in [0.1, 0.15) is 96.0 Å². The summed E-state index contributed by atoms with van der Waals surface area (Å²) in [4.78, 5) is 35.0. The van der Waals surface area contributed by atoms with Crippen molar-refractivity contribution in [1.29, 1.82) is 0 Å². The van der Waals surface area contributed by atoms with Gasteiger partial charge in [0.05, 0.1) is 11.0 Å². The van der Waals surface area contributed by atoms with Gasteiger partial charge in [-0.2, -0.15) is 0 Å². The van der Waals surface area contributed by atoms with Crippen LogP contribution >= 0.6 is 0 Å². The predicted molar refractivity (Wildman–Crippen MR) is 179 cm³/mol. The first-order valence-corrected chi connectivity index (χ1v) is 17.4. The minimum atomic E-state index is -0.0403. The number of para-hydroxylation sites is 2. The molecule has 7 rings (SSSR count). The van der Waals surface area contributed by atoms with Gasteiger partial charge in [0.25, 0.3) is 0 Å². The Hall–Kier alpha value is -3.19. The lowest BCUT2D eigenvalue weighted by atomic mass is 9.57. The third kappa shape index (κ3) is 5.60. The Balaban J connectivity index is 1.00. The summed E-state index contributed by atoms with van der Waals surface area (Å²) in [5.41, 5.74) is 3.91. The zero-order chi connectivity index (χ0) is 31.3. The van der Waals surface area contributed by atoms with Crippen LogP contribution in [-0.4, -0.2) is 68.9 Å². The van der Waals surface area contributed by atoms with E-state index < -0.39 is 0 Å². The van der Waals surface area contributed by atoms with Gasteiger partial charge in [-0.25, -0.2) is 4.98 Å². The maximum atomic E-state index is 13.5. The Labute approximate surface area is 268 Å². The zero-order valence-electron chi connectivity index (χ0n) is 27.7. The van der Waals surface area contributed by atoms with Gasteiger partial charge in [-0.15, -0.1) is 0 Å². The monoisotopic (exact) mass is 609 g/mol. The second-order valence-electron chi connectivity index (χ2n) is 15.3. The number of nitrogens with one attached hydrogen (secondary N) is 1. The number of fused-ring (bicyclic) bond motifs is 3. The summed E-state index contributed by atoms with van der Waals surface area (Å²) in [6, 6.07) is 21.7. The highest BCUT2D eigenvalue weighted by Gasteiger charge is 2.50. The number of nitrogens with zero attached hydrogens (tertiary/aromatic N) is 4. The van der Waals surface area contributed by atoms with E-state index in [4.69, 9.17) is 4.98 Å². The molecule has 1 aromatic heterocycles. The van der Waals surface area contributed by atoms with E-state index in [2.05, 4.69) is 95.1 Å². The average Bonchev–Trinajstić information content (AvgIpc) is 3.50. The number of likely N-dealkylation sites (tertiary alicyclic amines) is 1. The van der Waals surface area contributed by atoms with E-state index >= 15 is 0 Å². The molecule has 4 unspecified atom stereocenters. The fourth-order valence-electron chi connectivity index (χ4n) is 9.64. The number of rotatable bonds is 8. The largest absolute Gasteiger partial charge is 0.353 e. The molecule has 1 saturated carbocycles. The molecule has 2 aromatic carbocycles. The molecule has 45 heavy (non-hydrogen) atoms. The molecule has 0 spiro atoms. The van der Waals surface area contributed by atoms with Crippen molar-refractivity contribution in [3.8, 4) is 0 Å². The molecule has 4 atom stereocenters. The van der Waals surface area contributed by atoms with Crippen molar-refractivity contribution >= 4 is 22.8 Å². The number of hydrogen-bond donors (Lipinski definition) is 1. The Morgan fingerprint density at radius 2 is 1.58 bits per heavy atom. The number of hydrogen-bond acceptors (Lipinski definition) is 4. The van der Waals surface area contributed by atoms with Gasteiger partial charge in [0.15, 0.2) is 0 Å². The highest BCUT2D eigenvalue weighted by molar-refractivity contribution is 5.77. The number of benzene rings is 2. The summed E-state index contributed by atoms with van der Waals surface area (Å²) < 4.78 is 2.53. The van der Waals surface area contributed by atoms with Crippen LogP contribution in [0.5, 0.6) is 0 Å². The molecule has 2 bridgehead atoms. The van der Waals surface area contributed by atoms with Crippen molar-refractivity contribution < 1.29 is 9.59 Å². The van der Waals surface area contributed by atoms with Crippen molar-refractivity contribution in [3.05, 3.63) is 66.0 Å². The molecule has 4 heterocycles. The van der Waals surface area contributed by atoms with Crippen LogP contribution in [-0.2, 0) is 15.0 Å². The van der Waals surface area contributed by atoms with Crippen LogP contribution in [0.2, 0.25) is 0 Å². The quantitative estimate of drug-likeness (QED) is 0.321. The standard InChI is InChI=1S/C38H51N5O2/c1-26-39-33-12-8-9-13-34(33)43(26)32-24-30-14-15-31(25-32)42(30)21-18-38(28-10-6-5-7-11-28)16-19-41(20-17-38)36(45)23-29-22-35(37(29,3)4)40-27(2)44/h5-13,29-32,35H,14-25H2,1-4H3,(H,40,44). The lowest BCUT2D eigenvalue weighted by Crippen LogP contribution is -2.59. The maximum Gasteiger partial charge on any atom is 0.222 e. The summed E-state index contributed by atoms with van der Waals surface area (Å²) in [6.45, 7) is 10.9. The van der Waals surface area contributed by atoms with Crippen molar-refractivity contribution in [1.82, 2.24) is 24.7 Å². The second-order valence-corrected chi connectivity index (χ2v) is 15.3. The van der Waals surface area contributed by atoms with E-state index in [0.29, 0.717) is 36.4 Å². The Morgan fingerprint density at radius 1 is 0.911 bits per heavy atom. The van der Waals surface area contributed by atoms with Gasteiger partial charge in [-0.05, 0) is 99.3 Å². The fraction of sp³-hybridized carbons (Fsp3) is 0.605. The predicted octanol–water partition coefficient (Wildman–Crippen LogP) is 6.40. The van der Waals surface area contributed by atoms with Gasteiger partial charge in [0.2, 0.25) is 11.8 Å². The van der Waals surface area contributed by atoms with Gasteiger partial charge in [0.1, 0.15) is 5.82 Å². The van der Waals surface area contributed by atoms with Gasteiger partial charge in [-0.3, -0.25) is 14.5 Å². The summed E-state index contributed by atoms with van der Waals surface area (Å²) in [5.74, 6) is 1.78. The number of aromatic nitrogens is 2. The van der Waals surface area contributed by atoms with Crippen LogP contribution < -0.4 is 5.32 Å². The molecule has 0 radical (unpaired) electrons. The average molecular weight is 610 g/mol. The Morgan fingerprint density at radius 3 is 2.24 bits per heavy atom. The highest BCUT2D eigenvalue weighted by atomic mass is 16.2. The summed E-state index contributed by atoms with van der Waals surface area (Å²) >= 11 is 0. The summed E-state index contributed by atoms with van der Waals surface area (Å²) in [5, 5.41) is 3.08. The van der Waals surface area contributed by atoms with E-state index in [1.807, 2.05) is 0 Å². The van der Waals surface area contributed by atoms with Crippen molar-refractivity contribution in [2.75, 3.05) is 19.6 Å². The molecular formula is C38H51N5O2. The number of piperidine rings is 2. The lowest BCUT2D eigenvalue weighted by molar-refractivity contribution is -0.138. The first kappa shape index (κ1) is 30.5. The minimum absolute atomic E-state index is 0.0189. The van der Waals surface area contributed by atoms with Crippen molar-refractivity contribution in [2.24, 2.45) is 11.3 Å². The van der Waals surface area contributed by atoms with Gasteiger partial charge in [0, 0.05) is 50.6 Å². The normalized spacial score (nSPS) is 29.0. The van der Waals surface area contributed by atoms with E-state index in [1.54, 1.807) is 6.92 Å². The minimum Gasteiger partial charge on any atom is -0.353 e. The molecular weight excluding hydrogens is 558 g/mol.